The normalized spacial score (nSPS) is 12.4. The van der Waals surface area contributed by atoms with Gasteiger partial charge in [-0.2, -0.15) is 0 Å². The molecule has 7 aromatic rings. The monoisotopic (exact) mass is 700 g/mol. The van der Waals surface area contributed by atoms with Crippen molar-refractivity contribution in [3.05, 3.63) is 133 Å². The third-order valence-corrected chi connectivity index (χ3v) is 11.9. The smallest absolute Gasteiger partial charge is 0.165 e. The van der Waals surface area contributed by atoms with Crippen molar-refractivity contribution in [2.24, 2.45) is 0 Å². The highest BCUT2D eigenvalue weighted by Crippen LogP contribution is 2.44. The van der Waals surface area contributed by atoms with E-state index in [0.717, 1.165) is 61.5 Å². The lowest BCUT2D eigenvalue weighted by Gasteiger charge is -2.27. The lowest BCUT2D eigenvalue weighted by atomic mass is 9.79. The van der Waals surface area contributed by atoms with Crippen LogP contribution in [0.4, 0.5) is 0 Å². The largest absolute Gasteiger partial charge is 0.507 e. The van der Waals surface area contributed by atoms with E-state index >= 15 is 0 Å². The molecule has 0 aliphatic rings. The van der Waals surface area contributed by atoms with Crippen molar-refractivity contribution in [3.8, 4) is 56.3 Å². The molecule has 0 unspecified atom stereocenters. The van der Waals surface area contributed by atoms with Gasteiger partial charge in [0.1, 0.15) is 11.3 Å². The van der Waals surface area contributed by atoms with Crippen molar-refractivity contribution in [2.45, 2.75) is 72.0 Å². The summed E-state index contributed by atoms with van der Waals surface area (Å²) in [6.45, 7) is 20.1. The summed E-state index contributed by atoms with van der Waals surface area (Å²) < 4.78 is 2.09. The number of para-hydroxylation sites is 1. The first kappa shape index (κ1) is 35.1. The highest BCUT2D eigenvalue weighted by molar-refractivity contribution is 6.88. The Balaban J connectivity index is 1.52. The van der Waals surface area contributed by atoms with E-state index in [4.69, 9.17) is 15.0 Å². The molecule has 0 aliphatic carbocycles. The Labute approximate surface area is 309 Å². The van der Waals surface area contributed by atoms with Crippen LogP contribution in [0, 0.1) is 0 Å². The first-order valence-corrected chi connectivity index (χ1v) is 21.6. The number of rotatable bonds is 6. The molecule has 0 fully saturated rings. The van der Waals surface area contributed by atoms with Crippen LogP contribution in [0.1, 0.15) is 52.7 Å². The molecule has 0 bridgehead atoms. The van der Waals surface area contributed by atoms with Gasteiger partial charge in [0.15, 0.2) is 11.5 Å². The van der Waals surface area contributed by atoms with Crippen LogP contribution >= 0.6 is 0 Å². The lowest BCUT2D eigenvalue weighted by molar-refractivity contribution is 0.446. The van der Waals surface area contributed by atoms with Gasteiger partial charge in [-0.05, 0) is 86.8 Å². The molecule has 3 heterocycles. The molecule has 1 N–H and O–H groups in total. The van der Waals surface area contributed by atoms with Crippen molar-refractivity contribution in [2.75, 3.05) is 0 Å². The minimum absolute atomic E-state index is 0.148. The standard InChI is InChI=1S/C46H48N4OSi/c1-45(2,3)34-27-38(42(51)39(28-34)46(4,5)6)43-49-41-37(22-23-47-44(41)50(43)35-18-14-11-15-19-35)32-24-31(30-16-12-10-13-17-30)25-33(26-32)40-21-20-36(29-48-40)52(7,8)9/h10-29,51H,1-9H3. The van der Waals surface area contributed by atoms with Crippen LogP contribution in [0.3, 0.4) is 0 Å². The molecule has 0 saturated carbocycles. The van der Waals surface area contributed by atoms with E-state index in [1.165, 1.54) is 5.19 Å². The molecular formula is C46H48N4OSi. The predicted octanol–water partition coefficient (Wildman–Crippen LogP) is 11.3. The first-order chi connectivity index (χ1) is 24.6. The topological polar surface area (TPSA) is 63.8 Å². The number of aromatic hydroxyl groups is 1. The molecule has 0 amide bonds. The number of benzene rings is 4. The van der Waals surface area contributed by atoms with Gasteiger partial charge in [-0.15, -0.1) is 0 Å². The van der Waals surface area contributed by atoms with Crippen LogP contribution in [0.5, 0.6) is 5.75 Å². The summed E-state index contributed by atoms with van der Waals surface area (Å²) in [7, 11) is -1.50. The molecule has 7 rings (SSSR count). The van der Waals surface area contributed by atoms with Crippen LogP contribution < -0.4 is 5.19 Å². The average Bonchev–Trinajstić information content (AvgIpc) is 3.50. The van der Waals surface area contributed by atoms with E-state index in [1.807, 2.05) is 30.5 Å². The number of fused-ring (bicyclic) bond motifs is 1. The lowest BCUT2D eigenvalue weighted by Crippen LogP contribution is -2.37. The van der Waals surface area contributed by atoms with Crippen molar-refractivity contribution in [3.63, 3.8) is 0 Å². The Morgan fingerprint density at radius 1 is 0.615 bits per heavy atom. The molecule has 262 valence electrons. The highest BCUT2D eigenvalue weighted by Gasteiger charge is 2.29. The number of nitrogens with zero attached hydrogens (tertiary/aromatic N) is 4. The van der Waals surface area contributed by atoms with E-state index in [2.05, 4.69) is 157 Å². The average molecular weight is 701 g/mol. The minimum Gasteiger partial charge on any atom is -0.507 e. The third-order valence-electron chi connectivity index (χ3n) is 9.86. The Hall–Kier alpha value is -5.33. The van der Waals surface area contributed by atoms with E-state index in [9.17, 15) is 5.11 Å². The molecule has 0 radical (unpaired) electrons. The zero-order valence-corrected chi connectivity index (χ0v) is 32.8. The SMILES string of the molecule is CC(C)(C)c1cc(-c2nc3c(-c4cc(-c5ccccc5)cc(-c5ccc([Si](C)(C)C)cn5)c4)ccnc3n2-c2ccccc2)c(O)c(C(C)(C)C)c1. The molecular weight excluding hydrogens is 653 g/mol. The summed E-state index contributed by atoms with van der Waals surface area (Å²) in [4.78, 5) is 15.4. The molecule has 0 saturated heterocycles. The van der Waals surface area contributed by atoms with Crippen molar-refractivity contribution < 1.29 is 5.11 Å². The number of hydrogen-bond acceptors (Lipinski definition) is 4. The summed E-state index contributed by atoms with van der Waals surface area (Å²) in [5, 5.41) is 13.4. The molecule has 6 heteroatoms. The second kappa shape index (κ2) is 13.0. The molecule has 52 heavy (non-hydrogen) atoms. The van der Waals surface area contributed by atoms with E-state index < -0.39 is 8.07 Å². The fourth-order valence-electron chi connectivity index (χ4n) is 6.75. The van der Waals surface area contributed by atoms with Gasteiger partial charge in [0.2, 0.25) is 0 Å². The van der Waals surface area contributed by atoms with Crippen LogP contribution in [0.25, 0.3) is 61.8 Å². The Kier molecular flexibility index (Phi) is 8.78. The van der Waals surface area contributed by atoms with Gasteiger partial charge in [0.25, 0.3) is 0 Å². The number of pyridine rings is 2. The van der Waals surface area contributed by atoms with Gasteiger partial charge >= 0.3 is 0 Å². The maximum absolute atomic E-state index is 12.1. The second-order valence-electron chi connectivity index (χ2n) is 16.9. The molecule has 0 spiro atoms. The maximum Gasteiger partial charge on any atom is 0.165 e. The molecule has 5 nitrogen and oxygen atoms in total. The second-order valence-corrected chi connectivity index (χ2v) is 22.0. The highest BCUT2D eigenvalue weighted by atomic mass is 28.3. The number of imidazole rings is 1. The van der Waals surface area contributed by atoms with Gasteiger partial charge in [-0.1, -0.05) is 122 Å². The summed E-state index contributed by atoms with van der Waals surface area (Å²) >= 11 is 0. The van der Waals surface area contributed by atoms with E-state index in [-0.39, 0.29) is 16.6 Å². The van der Waals surface area contributed by atoms with Gasteiger partial charge in [-0.3, -0.25) is 9.55 Å². The van der Waals surface area contributed by atoms with Crippen LogP contribution in [-0.4, -0.2) is 32.7 Å². The van der Waals surface area contributed by atoms with Crippen molar-refractivity contribution in [1.82, 2.24) is 19.5 Å². The van der Waals surface area contributed by atoms with Gasteiger partial charge in [-0.25, -0.2) is 9.97 Å². The zero-order chi connectivity index (χ0) is 37.0. The zero-order valence-electron chi connectivity index (χ0n) is 31.8. The minimum atomic E-state index is -1.50. The first-order valence-electron chi connectivity index (χ1n) is 18.1. The molecule has 0 aliphatic heterocycles. The van der Waals surface area contributed by atoms with Crippen LogP contribution in [-0.2, 0) is 10.8 Å². The van der Waals surface area contributed by atoms with Gasteiger partial charge in [0, 0.05) is 34.8 Å². The quantitative estimate of drug-likeness (QED) is 0.175. The van der Waals surface area contributed by atoms with Gasteiger partial charge in [0.05, 0.1) is 19.3 Å². The number of aromatic nitrogens is 4. The Morgan fingerprint density at radius 3 is 1.88 bits per heavy atom. The Morgan fingerprint density at radius 2 is 1.27 bits per heavy atom. The summed E-state index contributed by atoms with van der Waals surface area (Å²) in [6, 6.07) is 38.1. The number of hydrogen-bond donors (Lipinski definition) is 1. The third kappa shape index (κ3) is 6.71. The summed E-state index contributed by atoms with van der Waals surface area (Å²) in [6.07, 6.45) is 3.92. The predicted molar refractivity (Wildman–Crippen MR) is 220 cm³/mol. The fraction of sp³-hybridized carbons (Fsp3) is 0.239. The van der Waals surface area contributed by atoms with Crippen molar-refractivity contribution in [1.29, 1.82) is 0 Å². The molecule has 4 aromatic carbocycles. The van der Waals surface area contributed by atoms with Crippen LogP contribution in [0.2, 0.25) is 19.6 Å². The van der Waals surface area contributed by atoms with Crippen molar-refractivity contribution >= 4 is 24.4 Å². The summed E-state index contributed by atoms with van der Waals surface area (Å²) in [5.41, 5.74) is 10.9. The number of phenols is 1. The Bertz CT molecular complexity index is 2390. The van der Waals surface area contributed by atoms with E-state index in [1.54, 1.807) is 0 Å². The fourth-order valence-corrected chi connectivity index (χ4v) is 7.79. The van der Waals surface area contributed by atoms with E-state index in [0.29, 0.717) is 11.4 Å². The number of phenolic OH excluding ortho intramolecular Hbond substituents is 1. The van der Waals surface area contributed by atoms with Crippen LogP contribution in [0.15, 0.2) is 122 Å². The molecule has 0 atom stereocenters. The van der Waals surface area contributed by atoms with Gasteiger partial charge < -0.3 is 5.11 Å². The molecule has 3 aromatic heterocycles. The maximum atomic E-state index is 12.1. The summed E-state index contributed by atoms with van der Waals surface area (Å²) in [5.74, 6) is 0.897.